The fraction of sp³-hybridized carbons (Fsp3) is 0.303. The van der Waals surface area contributed by atoms with Crippen LogP contribution in [0.15, 0.2) is 72.9 Å². The molecule has 2 aromatic heterocycles. The standard InChI is InChI=1S/C33H32F3NSe/c1-20-25-15-16-37-28(24-17-23-9-7-8-10-26(23)27(18-24)31(2,3)4)30(25)38-29(20)22-13-11-21(12-14-22)19-32(5,6)33(34,35)36/h7-18H,19H2,1-6H3. The molecule has 2 heterocycles. The number of aromatic nitrogens is 1. The first-order valence-corrected chi connectivity index (χ1v) is 14.6. The monoisotopic (exact) mass is 579 g/mol. The van der Waals surface area contributed by atoms with Crippen molar-refractivity contribution >= 4 is 34.9 Å². The van der Waals surface area contributed by atoms with E-state index in [2.05, 4.69) is 70.2 Å². The third-order valence-corrected chi connectivity index (χ3v) is 10.3. The Morgan fingerprint density at radius 2 is 1.47 bits per heavy atom. The van der Waals surface area contributed by atoms with Crippen molar-refractivity contribution < 1.29 is 13.2 Å². The van der Waals surface area contributed by atoms with Crippen LogP contribution in [0.5, 0.6) is 0 Å². The van der Waals surface area contributed by atoms with Gasteiger partial charge in [-0.3, -0.25) is 0 Å². The molecule has 0 amide bonds. The Hall–Kier alpha value is -2.88. The molecule has 0 bridgehead atoms. The molecule has 38 heavy (non-hydrogen) atoms. The molecule has 0 spiro atoms. The van der Waals surface area contributed by atoms with Gasteiger partial charge in [-0.1, -0.05) is 0 Å². The van der Waals surface area contributed by atoms with E-state index in [1.54, 1.807) is 0 Å². The zero-order valence-electron chi connectivity index (χ0n) is 22.6. The second-order valence-electron chi connectivity index (χ2n) is 11.8. The van der Waals surface area contributed by atoms with Gasteiger partial charge in [0.15, 0.2) is 0 Å². The number of hydrogen-bond donors (Lipinski definition) is 0. The van der Waals surface area contributed by atoms with E-state index in [0.717, 1.165) is 16.8 Å². The number of alkyl halides is 3. The van der Waals surface area contributed by atoms with Crippen LogP contribution in [0.25, 0.3) is 41.7 Å². The van der Waals surface area contributed by atoms with Crippen molar-refractivity contribution in [1.29, 1.82) is 0 Å². The van der Waals surface area contributed by atoms with E-state index in [1.807, 2.05) is 30.5 Å². The molecular weight excluding hydrogens is 546 g/mol. The molecule has 0 aliphatic rings. The molecule has 0 fully saturated rings. The zero-order chi connectivity index (χ0) is 27.5. The molecule has 1 nitrogen and oxygen atoms in total. The quantitative estimate of drug-likeness (QED) is 0.194. The van der Waals surface area contributed by atoms with Gasteiger partial charge in [-0.15, -0.1) is 0 Å². The van der Waals surface area contributed by atoms with E-state index in [9.17, 15) is 13.2 Å². The topological polar surface area (TPSA) is 12.9 Å². The molecule has 0 aliphatic heterocycles. The Morgan fingerprint density at radius 3 is 2.13 bits per heavy atom. The van der Waals surface area contributed by atoms with Crippen LogP contribution in [0, 0.1) is 12.3 Å². The van der Waals surface area contributed by atoms with Gasteiger partial charge in [0.2, 0.25) is 0 Å². The minimum atomic E-state index is -4.24. The van der Waals surface area contributed by atoms with E-state index in [-0.39, 0.29) is 26.3 Å². The van der Waals surface area contributed by atoms with Crippen LogP contribution in [0.1, 0.15) is 51.3 Å². The second kappa shape index (κ2) is 9.39. The maximum absolute atomic E-state index is 13.4. The molecular formula is C33H32F3NSe. The van der Waals surface area contributed by atoms with E-state index >= 15 is 0 Å². The van der Waals surface area contributed by atoms with Crippen LogP contribution < -0.4 is 0 Å². The van der Waals surface area contributed by atoms with Crippen molar-refractivity contribution in [3.63, 3.8) is 0 Å². The fourth-order valence-corrected chi connectivity index (χ4v) is 7.85. The molecule has 5 rings (SSSR count). The van der Waals surface area contributed by atoms with Gasteiger partial charge in [0, 0.05) is 0 Å². The molecule has 5 heteroatoms. The van der Waals surface area contributed by atoms with Gasteiger partial charge in [-0.2, -0.15) is 0 Å². The molecule has 5 aromatic rings. The number of benzene rings is 3. The molecule has 0 atom stereocenters. The number of rotatable bonds is 4. The van der Waals surface area contributed by atoms with Gasteiger partial charge in [0.05, 0.1) is 0 Å². The number of hydrogen-bond acceptors (Lipinski definition) is 1. The normalized spacial score (nSPS) is 13.0. The summed E-state index contributed by atoms with van der Waals surface area (Å²) in [7, 11) is 0. The summed E-state index contributed by atoms with van der Waals surface area (Å²) in [6, 6.07) is 22.8. The summed E-state index contributed by atoms with van der Waals surface area (Å²) in [5, 5.41) is 3.70. The van der Waals surface area contributed by atoms with Crippen molar-refractivity contribution in [3.05, 3.63) is 89.6 Å². The fourth-order valence-electron chi connectivity index (χ4n) is 5.08. The molecule has 0 saturated carbocycles. The summed E-state index contributed by atoms with van der Waals surface area (Å²) in [4.78, 5) is 4.87. The summed E-state index contributed by atoms with van der Waals surface area (Å²) < 4.78 is 42.7. The first-order valence-electron chi connectivity index (χ1n) is 12.8. The van der Waals surface area contributed by atoms with Crippen molar-refractivity contribution in [2.75, 3.05) is 0 Å². The first kappa shape index (κ1) is 26.7. The Balaban J connectivity index is 1.59. The molecule has 0 N–H and O–H groups in total. The number of aryl methyl sites for hydroxylation is 1. The maximum atomic E-state index is 13.4. The number of pyridine rings is 1. The van der Waals surface area contributed by atoms with Gasteiger partial charge < -0.3 is 0 Å². The van der Waals surface area contributed by atoms with Gasteiger partial charge >= 0.3 is 229 Å². The average molecular weight is 579 g/mol. The van der Waals surface area contributed by atoms with Crippen LogP contribution in [0.4, 0.5) is 13.2 Å². The molecule has 0 unspecified atom stereocenters. The van der Waals surface area contributed by atoms with Crippen LogP contribution in [-0.4, -0.2) is 25.7 Å². The van der Waals surface area contributed by atoms with E-state index < -0.39 is 11.6 Å². The zero-order valence-corrected chi connectivity index (χ0v) is 24.3. The predicted octanol–water partition coefficient (Wildman–Crippen LogP) is 9.52. The second-order valence-corrected chi connectivity index (χ2v) is 14.0. The molecule has 0 radical (unpaired) electrons. The van der Waals surface area contributed by atoms with E-state index in [4.69, 9.17) is 4.98 Å². The molecule has 0 aliphatic carbocycles. The summed E-state index contributed by atoms with van der Waals surface area (Å²) in [5.41, 5.74) is 4.69. The first-order chi connectivity index (χ1) is 17.8. The molecule has 196 valence electrons. The van der Waals surface area contributed by atoms with Crippen molar-refractivity contribution in [3.8, 4) is 21.3 Å². The summed E-state index contributed by atoms with van der Waals surface area (Å²) >= 11 is 0.0311. The van der Waals surface area contributed by atoms with Crippen molar-refractivity contribution in [2.45, 2.75) is 59.6 Å². The number of fused-ring (bicyclic) bond motifs is 2. The third-order valence-electron chi connectivity index (χ3n) is 7.43. The number of nitrogens with zero attached hydrogens (tertiary/aromatic N) is 1. The molecule has 0 saturated heterocycles. The average Bonchev–Trinajstić information content (AvgIpc) is 3.19. The predicted molar refractivity (Wildman–Crippen MR) is 154 cm³/mol. The Morgan fingerprint density at radius 1 is 0.789 bits per heavy atom. The SMILES string of the molecule is Cc1c(-c2ccc(CC(C)(C)C(F)(F)F)cc2)[se]c2c(-c3cc(C(C)(C)C)c4ccccc4c3)nccc12. The summed E-state index contributed by atoms with van der Waals surface area (Å²) in [6.45, 7) is 11.4. The minimum absolute atomic E-state index is 0.0134. The molecule has 3 aromatic carbocycles. The summed E-state index contributed by atoms with van der Waals surface area (Å²) in [5.74, 6) is 0. The van der Waals surface area contributed by atoms with E-state index in [0.29, 0.717) is 5.56 Å². The van der Waals surface area contributed by atoms with Crippen LogP contribution in [0.2, 0.25) is 0 Å². The van der Waals surface area contributed by atoms with E-state index in [1.165, 1.54) is 49.8 Å². The Bertz CT molecular complexity index is 1630. The Labute approximate surface area is 228 Å². The Kier molecular flexibility index (Phi) is 6.60. The van der Waals surface area contributed by atoms with Crippen molar-refractivity contribution in [1.82, 2.24) is 4.98 Å². The summed E-state index contributed by atoms with van der Waals surface area (Å²) in [6.07, 6.45) is -2.38. The van der Waals surface area contributed by atoms with Crippen LogP contribution in [-0.2, 0) is 11.8 Å². The van der Waals surface area contributed by atoms with Gasteiger partial charge in [-0.05, 0) is 0 Å². The number of halogens is 3. The van der Waals surface area contributed by atoms with Crippen LogP contribution in [0.3, 0.4) is 0 Å². The van der Waals surface area contributed by atoms with Crippen molar-refractivity contribution in [2.24, 2.45) is 5.41 Å². The van der Waals surface area contributed by atoms with Gasteiger partial charge in [0.25, 0.3) is 0 Å². The van der Waals surface area contributed by atoms with Gasteiger partial charge in [0.1, 0.15) is 0 Å². The van der Waals surface area contributed by atoms with Crippen LogP contribution >= 0.6 is 0 Å². The third kappa shape index (κ3) is 4.83. The van der Waals surface area contributed by atoms with Gasteiger partial charge in [-0.25, -0.2) is 0 Å².